The molecule has 7 aromatic rings. The molecule has 0 saturated carbocycles. The van der Waals surface area contributed by atoms with Gasteiger partial charge in [0.15, 0.2) is 0 Å². The summed E-state index contributed by atoms with van der Waals surface area (Å²) in [6, 6.07) is 36.4. The summed E-state index contributed by atoms with van der Waals surface area (Å²) in [5.74, 6) is 2.58. The van der Waals surface area contributed by atoms with E-state index in [9.17, 15) is 0 Å². The summed E-state index contributed by atoms with van der Waals surface area (Å²) in [6.07, 6.45) is 0. The highest BCUT2D eigenvalue weighted by atomic mass is 15.1. The van der Waals surface area contributed by atoms with Crippen LogP contribution in [-0.2, 0) is 5.41 Å². The molecule has 36 heavy (non-hydrogen) atoms. The SMILES string of the molecule is CC(C)(C)c1nc(-n2c3ccccc3c3ccccc32)cc(-n2c3ccccc3c3ccccc32)n1. The highest BCUT2D eigenvalue weighted by Crippen LogP contribution is 2.35. The van der Waals surface area contributed by atoms with Gasteiger partial charge in [-0.15, -0.1) is 0 Å². The summed E-state index contributed by atoms with van der Waals surface area (Å²) < 4.78 is 4.55. The predicted molar refractivity (Wildman–Crippen MR) is 149 cm³/mol. The summed E-state index contributed by atoms with van der Waals surface area (Å²) in [5.41, 5.74) is 4.36. The molecule has 0 aliphatic heterocycles. The second-order valence-corrected chi connectivity index (χ2v) is 10.4. The summed E-state index contributed by atoms with van der Waals surface area (Å²) in [5, 5.41) is 4.90. The van der Waals surface area contributed by atoms with Gasteiger partial charge in [-0.1, -0.05) is 93.6 Å². The minimum Gasteiger partial charge on any atom is -0.294 e. The fourth-order valence-corrected chi connectivity index (χ4v) is 5.33. The molecule has 0 N–H and O–H groups in total. The summed E-state index contributed by atoms with van der Waals surface area (Å²) in [4.78, 5) is 10.3. The Balaban J connectivity index is 1.62. The summed E-state index contributed by atoms with van der Waals surface area (Å²) in [6.45, 7) is 6.52. The molecule has 4 aromatic carbocycles. The second-order valence-electron chi connectivity index (χ2n) is 10.4. The Hall–Kier alpha value is -4.44. The molecule has 7 rings (SSSR count). The smallest absolute Gasteiger partial charge is 0.143 e. The monoisotopic (exact) mass is 466 g/mol. The molecule has 0 fully saturated rings. The maximum atomic E-state index is 5.16. The van der Waals surface area contributed by atoms with Crippen LogP contribution in [-0.4, -0.2) is 19.1 Å². The quantitative estimate of drug-likeness (QED) is 0.259. The van der Waals surface area contributed by atoms with Crippen molar-refractivity contribution in [1.82, 2.24) is 19.1 Å². The van der Waals surface area contributed by atoms with Crippen LogP contribution >= 0.6 is 0 Å². The van der Waals surface area contributed by atoms with Crippen molar-refractivity contribution in [3.05, 3.63) is 109 Å². The van der Waals surface area contributed by atoms with Crippen LogP contribution in [0.15, 0.2) is 103 Å². The fraction of sp³-hybridized carbons (Fsp3) is 0.125. The highest BCUT2D eigenvalue weighted by Gasteiger charge is 2.23. The lowest BCUT2D eigenvalue weighted by Crippen LogP contribution is -2.19. The number of nitrogens with zero attached hydrogens (tertiary/aromatic N) is 4. The first-order valence-corrected chi connectivity index (χ1v) is 12.4. The van der Waals surface area contributed by atoms with Crippen molar-refractivity contribution in [1.29, 1.82) is 0 Å². The van der Waals surface area contributed by atoms with Crippen LogP contribution in [0, 0.1) is 0 Å². The van der Waals surface area contributed by atoms with Gasteiger partial charge in [0.05, 0.1) is 22.1 Å². The average molecular weight is 467 g/mol. The number of rotatable bonds is 2. The first-order chi connectivity index (χ1) is 17.5. The molecular formula is C32H26N4. The van der Waals surface area contributed by atoms with Crippen molar-refractivity contribution in [2.75, 3.05) is 0 Å². The summed E-state index contributed by atoms with van der Waals surface area (Å²) >= 11 is 0. The first-order valence-electron chi connectivity index (χ1n) is 12.4. The lowest BCUT2D eigenvalue weighted by Gasteiger charge is -2.20. The van der Waals surface area contributed by atoms with E-state index >= 15 is 0 Å². The van der Waals surface area contributed by atoms with E-state index in [1.807, 2.05) is 0 Å². The Morgan fingerprint density at radius 2 is 0.778 bits per heavy atom. The zero-order valence-corrected chi connectivity index (χ0v) is 20.6. The zero-order chi connectivity index (χ0) is 24.4. The van der Waals surface area contributed by atoms with E-state index in [1.165, 1.54) is 21.5 Å². The van der Waals surface area contributed by atoms with E-state index in [2.05, 4.69) is 133 Å². The van der Waals surface area contributed by atoms with Crippen molar-refractivity contribution >= 4 is 43.6 Å². The Bertz CT molecular complexity index is 1690. The Morgan fingerprint density at radius 3 is 1.08 bits per heavy atom. The molecule has 3 aromatic heterocycles. The van der Waals surface area contributed by atoms with Gasteiger partial charge in [-0.05, 0) is 24.3 Å². The predicted octanol–water partition coefficient (Wildman–Crippen LogP) is 7.97. The average Bonchev–Trinajstić information content (AvgIpc) is 3.41. The van der Waals surface area contributed by atoms with Gasteiger partial charge in [-0.25, -0.2) is 9.97 Å². The molecule has 4 heteroatoms. The minimum atomic E-state index is -0.220. The number of para-hydroxylation sites is 4. The minimum absolute atomic E-state index is 0.220. The highest BCUT2D eigenvalue weighted by molar-refractivity contribution is 6.10. The molecule has 0 aliphatic rings. The van der Waals surface area contributed by atoms with E-state index < -0.39 is 0 Å². The third-order valence-corrected chi connectivity index (χ3v) is 6.99. The van der Waals surface area contributed by atoms with Gasteiger partial charge in [-0.3, -0.25) is 9.13 Å². The van der Waals surface area contributed by atoms with Gasteiger partial charge in [0, 0.05) is 33.0 Å². The van der Waals surface area contributed by atoms with Gasteiger partial charge in [0.1, 0.15) is 17.5 Å². The fourth-order valence-electron chi connectivity index (χ4n) is 5.33. The van der Waals surface area contributed by atoms with E-state index in [0.29, 0.717) is 0 Å². The lowest BCUT2D eigenvalue weighted by molar-refractivity contribution is 0.542. The zero-order valence-electron chi connectivity index (χ0n) is 20.6. The number of hydrogen-bond donors (Lipinski definition) is 0. The van der Waals surface area contributed by atoms with Gasteiger partial charge < -0.3 is 0 Å². The van der Waals surface area contributed by atoms with Crippen LogP contribution in [0.1, 0.15) is 26.6 Å². The van der Waals surface area contributed by atoms with Crippen molar-refractivity contribution in [3.63, 3.8) is 0 Å². The van der Waals surface area contributed by atoms with Gasteiger partial charge >= 0.3 is 0 Å². The molecule has 0 aliphatic carbocycles. The van der Waals surface area contributed by atoms with Crippen LogP contribution in [0.3, 0.4) is 0 Å². The molecule has 0 unspecified atom stereocenters. The third-order valence-electron chi connectivity index (χ3n) is 6.99. The normalized spacial score (nSPS) is 12.3. The van der Waals surface area contributed by atoms with Crippen molar-refractivity contribution in [3.8, 4) is 11.6 Å². The number of aromatic nitrogens is 4. The Labute approximate surface area is 209 Å². The topological polar surface area (TPSA) is 35.6 Å². The molecule has 0 atom stereocenters. The van der Waals surface area contributed by atoms with E-state index in [-0.39, 0.29) is 5.41 Å². The Kier molecular flexibility index (Phi) is 4.37. The first kappa shape index (κ1) is 20.9. The maximum Gasteiger partial charge on any atom is 0.143 e. The van der Waals surface area contributed by atoms with Crippen LogP contribution in [0.4, 0.5) is 0 Å². The standard InChI is InChI=1S/C32H26N4/c1-32(2,3)31-33-29(35-25-16-8-4-12-21(25)22-13-5-9-17-26(22)35)20-30(34-31)36-27-18-10-6-14-23(27)24-15-7-11-19-28(24)36/h4-20H,1-3H3. The van der Waals surface area contributed by atoms with Crippen LogP contribution < -0.4 is 0 Å². The van der Waals surface area contributed by atoms with Gasteiger partial charge in [0.25, 0.3) is 0 Å². The molecule has 0 saturated heterocycles. The van der Waals surface area contributed by atoms with Crippen LogP contribution in [0.2, 0.25) is 0 Å². The molecule has 0 spiro atoms. The molecule has 0 radical (unpaired) electrons. The largest absolute Gasteiger partial charge is 0.294 e. The summed E-state index contributed by atoms with van der Waals surface area (Å²) in [7, 11) is 0. The molecular weight excluding hydrogens is 440 g/mol. The number of benzene rings is 4. The second kappa shape index (κ2) is 7.53. The van der Waals surface area contributed by atoms with E-state index in [0.717, 1.165) is 39.5 Å². The van der Waals surface area contributed by atoms with Crippen molar-refractivity contribution in [2.45, 2.75) is 26.2 Å². The lowest BCUT2D eigenvalue weighted by atomic mass is 9.96. The third kappa shape index (κ3) is 3.01. The van der Waals surface area contributed by atoms with E-state index in [1.54, 1.807) is 0 Å². The number of hydrogen-bond acceptors (Lipinski definition) is 2. The maximum absolute atomic E-state index is 5.16. The van der Waals surface area contributed by atoms with Crippen LogP contribution in [0.25, 0.3) is 55.2 Å². The molecule has 0 amide bonds. The van der Waals surface area contributed by atoms with Gasteiger partial charge in [0.2, 0.25) is 0 Å². The number of fused-ring (bicyclic) bond motifs is 6. The van der Waals surface area contributed by atoms with E-state index in [4.69, 9.17) is 9.97 Å². The van der Waals surface area contributed by atoms with Crippen molar-refractivity contribution in [2.24, 2.45) is 0 Å². The molecule has 3 heterocycles. The Morgan fingerprint density at radius 1 is 0.472 bits per heavy atom. The van der Waals surface area contributed by atoms with Gasteiger partial charge in [-0.2, -0.15) is 0 Å². The van der Waals surface area contributed by atoms with Crippen molar-refractivity contribution < 1.29 is 0 Å². The van der Waals surface area contributed by atoms with Crippen LogP contribution in [0.5, 0.6) is 0 Å². The molecule has 0 bridgehead atoms. The molecule has 174 valence electrons. The molecule has 4 nitrogen and oxygen atoms in total.